The van der Waals surface area contributed by atoms with E-state index in [0.717, 1.165) is 63.1 Å². The maximum absolute atomic E-state index is 14.3. The van der Waals surface area contributed by atoms with E-state index >= 15 is 0 Å². The molecule has 0 aliphatic carbocycles. The Bertz CT molecular complexity index is 2590. The van der Waals surface area contributed by atoms with Gasteiger partial charge in [-0.1, -0.05) is 62.4 Å². The van der Waals surface area contributed by atoms with Gasteiger partial charge in [-0.2, -0.15) is 0 Å². The summed E-state index contributed by atoms with van der Waals surface area (Å²) in [7, 11) is 1.31. The highest BCUT2D eigenvalue weighted by molar-refractivity contribution is 5.91. The van der Waals surface area contributed by atoms with E-state index < -0.39 is 24.3 Å². The van der Waals surface area contributed by atoms with Gasteiger partial charge in [-0.05, 0) is 110 Å². The summed E-state index contributed by atoms with van der Waals surface area (Å²) in [4.78, 5) is 73.1. The number of hydrogen-bond acceptors (Lipinski definition) is 9. The standard InChI is InChI=1S/C51H62N8O8/c1-28-18-42(58(26-28)48(60)44(56-50(62)63)38-14-16-66-30(3)20-38)46-52-24-40(54-46)33-8-6-32(7-9-33)34-10-11-36-23-37(13-12-35(36)22-34)41-25-53-47(55-41)43-19-29(2)27-59(43)49(61)45(57-51(64)65-5)39-15-17-67-31(4)21-39/h6-13,22-25,28-31,38-39,42-45,56H,14-21,26-27H2,1-5H3,(H,52,54)(H,53,55)(H,57,64)(H,62,63)/t28-,29-,30-,31?,38+,39?,42-,43-,44-,45-/m0/s1. The van der Waals surface area contributed by atoms with E-state index in [1.165, 1.54) is 7.11 Å². The van der Waals surface area contributed by atoms with Gasteiger partial charge in [-0.25, -0.2) is 19.6 Å². The number of carbonyl (C=O) groups excluding carboxylic acids is 3. The molecule has 2 unspecified atom stereocenters. The Morgan fingerprint density at radius 2 is 1.12 bits per heavy atom. The number of fused-ring (bicyclic) bond motifs is 1. The normalized spacial score (nSPS) is 26.3. The number of carboxylic acid groups (broad SMARTS) is 1. The number of likely N-dealkylation sites (tertiary alicyclic amines) is 2. The molecule has 4 saturated heterocycles. The van der Waals surface area contributed by atoms with Crippen molar-refractivity contribution in [2.24, 2.45) is 23.7 Å². The summed E-state index contributed by atoms with van der Waals surface area (Å²) >= 11 is 0. The first-order valence-corrected chi connectivity index (χ1v) is 23.8. The van der Waals surface area contributed by atoms with Gasteiger partial charge < -0.3 is 49.7 Å². The molecular weight excluding hydrogens is 853 g/mol. The van der Waals surface area contributed by atoms with Crippen LogP contribution >= 0.6 is 0 Å². The van der Waals surface area contributed by atoms with Crippen molar-refractivity contribution in [3.63, 3.8) is 0 Å². The lowest BCUT2D eigenvalue weighted by Gasteiger charge is -2.36. The zero-order valence-electron chi connectivity index (χ0n) is 38.9. The van der Waals surface area contributed by atoms with Gasteiger partial charge in [-0.3, -0.25) is 9.59 Å². The number of nitrogens with zero attached hydrogens (tertiary/aromatic N) is 4. The number of aromatic nitrogens is 4. The molecule has 10 atom stereocenters. The minimum atomic E-state index is -1.20. The summed E-state index contributed by atoms with van der Waals surface area (Å²) in [5, 5.41) is 17.2. The number of benzene rings is 3. The van der Waals surface area contributed by atoms with Crippen molar-refractivity contribution in [1.29, 1.82) is 0 Å². The van der Waals surface area contributed by atoms with Crippen LogP contribution in [0.15, 0.2) is 73.1 Å². The number of nitrogens with one attached hydrogen (secondary N) is 4. The fraction of sp³-hybridized carbons (Fsp3) is 0.490. The summed E-state index contributed by atoms with van der Waals surface area (Å²) < 4.78 is 16.4. The Labute approximate surface area is 390 Å². The van der Waals surface area contributed by atoms with Gasteiger partial charge in [0.1, 0.15) is 23.7 Å². The molecule has 0 radical (unpaired) electrons. The van der Waals surface area contributed by atoms with E-state index in [1.54, 1.807) is 4.90 Å². The number of carbonyl (C=O) groups is 4. The van der Waals surface area contributed by atoms with E-state index in [2.05, 4.69) is 95.1 Å². The van der Waals surface area contributed by atoms with Gasteiger partial charge >= 0.3 is 12.2 Å². The predicted molar refractivity (Wildman–Crippen MR) is 252 cm³/mol. The van der Waals surface area contributed by atoms with Crippen molar-refractivity contribution < 1.29 is 38.5 Å². The van der Waals surface area contributed by atoms with Crippen LogP contribution in [0.3, 0.4) is 0 Å². The molecule has 4 aliphatic heterocycles. The van der Waals surface area contributed by atoms with Crippen LogP contribution in [0.1, 0.15) is 90.0 Å². The molecule has 6 heterocycles. The molecule has 5 N–H and O–H groups in total. The number of amides is 4. The SMILES string of the molecule is COC(=O)N[C@H](C(=O)N1C[C@@H](C)C[C@H]1c1nc(-c2ccc3cc(-c4ccc(-c5c[nH]c([C@@H]6C[C@H](C)CN6C(=O)[C@@H](NC(=O)O)[C@@H]6CCO[C@@H](C)C6)n5)cc4)ccc3c2)c[nH]1)C1CCOC(C)C1. The largest absolute Gasteiger partial charge is 0.465 e. The fourth-order valence-corrected chi connectivity index (χ4v) is 10.9. The first-order valence-electron chi connectivity index (χ1n) is 23.8. The van der Waals surface area contributed by atoms with E-state index in [0.29, 0.717) is 57.8 Å². The van der Waals surface area contributed by atoms with Crippen LogP contribution in [-0.2, 0) is 23.8 Å². The molecule has 9 rings (SSSR count). The molecule has 3 aromatic carbocycles. The van der Waals surface area contributed by atoms with Crippen molar-refractivity contribution in [3.8, 4) is 33.6 Å². The summed E-state index contributed by atoms with van der Waals surface area (Å²) in [5.74, 6) is 1.36. The van der Waals surface area contributed by atoms with Crippen molar-refractivity contribution in [3.05, 3.63) is 84.7 Å². The second-order valence-electron chi connectivity index (χ2n) is 19.4. The molecule has 0 bridgehead atoms. The molecule has 354 valence electrons. The van der Waals surface area contributed by atoms with Crippen LogP contribution in [0.25, 0.3) is 44.4 Å². The zero-order valence-corrected chi connectivity index (χ0v) is 38.9. The lowest BCUT2D eigenvalue weighted by Crippen LogP contribution is -2.53. The molecule has 67 heavy (non-hydrogen) atoms. The molecule has 5 aromatic rings. The molecule has 4 aliphatic rings. The summed E-state index contributed by atoms with van der Waals surface area (Å²) in [6.45, 7) is 10.3. The molecule has 0 saturated carbocycles. The number of hydrogen-bond donors (Lipinski definition) is 5. The molecule has 4 amide bonds. The molecular formula is C51H62N8O8. The third-order valence-electron chi connectivity index (χ3n) is 14.3. The summed E-state index contributed by atoms with van der Waals surface area (Å²) in [6.07, 6.45) is 5.97. The van der Waals surface area contributed by atoms with Crippen molar-refractivity contribution in [2.45, 2.75) is 103 Å². The van der Waals surface area contributed by atoms with Gasteiger partial charge in [0.05, 0.1) is 42.8 Å². The number of H-pyrrole nitrogens is 2. The predicted octanol–water partition coefficient (Wildman–Crippen LogP) is 8.10. The maximum atomic E-state index is 14.3. The van der Waals surface area contributed by atoms with Crippen molar-refractivity contribution in [2.75, 3.05) is 33.4 Å². The number of ether oxygens (including phenoxy) is 3. The highest BCUT2D eigenvalue weighted by Gasteiger charge is 2.44. The second-order valence-corrected chi connectivity index (χ2v) is 19.4. The third kappa shape index (κ3) is 9.91. The Kier molecular flexibility index (Phi) is 13.4. The van der Waals surface area contributed by atoms with Gasteiger partial charge in [-0.15, -0.1) is 0 Å². The van der Waals surface area contributed by atoms with Crippen molar-refractivity contribution >= 4 is 34.8 Å². The lowest BCUT2D eigenvalue weighted by molar-refractivity contribution is -0.138. The quantitative estimate of drug-likeness (QED) is 0.0862. The Morgan fingerprint density at radius 3 is 1.63 bits per heavy atom. The van der Waals surface area contributed by atoms with Crippen LogP contribution in [0.5, 0.6) is 0 Å². The minimum Gasteiger partial charge on any atom is -0.465 e. The summed E-state index contributed by atoms with van der Waals surface area (Å²) in [5.41, 5.74) is 5.59. The first kappa shape index (κ1) is 45.9. The molecule has 16 heteroatoms. The Hall–Kier alpha value is -6.26. The van der Waals surface area contributed by atoms with E-state index in [-0.39, 0.29) is 59.8 Å². The Balaban J connectivity index is 0.876. The number of methoxy groups -OCH3 is 1. The van der Waals surface area contributed by atoms with Gasteiger partial charge in [0.15, 0.2) is 0 Å². The zero-order chi connectivity index (χ0) is 46.9. The van der Waals surface area contributed by atoms with Crippen molar-refractivity contribution in [1.82, 2.24) is 40.4 Å². The van der Waals surface area contributed by atoms with Gasteiger partial charge in [0.2, 0.25) is 11.8 Å². The summed E-state index contributed by atoms with van der Waals surface area (Å²) in [6, 6.07) is 18.9. The van der Waals surface area contributed by atoms with E-state index in [4.69, 9.17) is 24.2 Å². The van der Waals surface area contributed by atoms with Crippen LogP contribution in [0, 0.1) is 23.7 Å². The maximum Gasteiger partial charge on any atom is 0.407 e. The average molecular weight is 915 g/mol. The van der Waals surface area contributed by atoms with Crippen LogP contribution in [0.2, 0.25) is 0 Å². The molecule has 0 spiro atoms. The topological polar surface area (TPSA) is 204 Å². The van der Waals surface area contributed by atoms with Crippen LogP contribution in [-0.4, -0.2) is 117 Å². The number of alkyl carbamates (subject to hydrolysis) is 1. The highest BCUT2D eigenvalue weighted by Crippen LogP contribution is 2.39. The number of imidazole rings is 2. The van der Waals surface area contributed by atoms with E-state index in [9.17, 15) is 24.3 Å². The molecule has 2 aromatic heterocycles. The molecule has 16 nitrogen and oxygen atoms in total. The average Bonchev–Trinajstić information content (AvgIpc) is 4.16. The monoisotopic (exact) mass is 914 g/mol. The first-order chi connectivity index (χ1) is 32.3. The van der Waals surface area contributed by atoms with Crippen LogP contribution < -0.4 is 10.6 Å². The smallest absolute Gasteiger partial charge is 0.407 e. The van der Waals surface area contributed by atoms with Crippen LogP contribution in [0.4, 0.5) is 9.59 Å². The highest BCUT2D eigenvalue weighted by atomic mass is 16.5. The number of aromatic amines is 2. The minimum absolute atomic E-state index is 0.00162. The second kappa shape index (κ2) is 19.5. The Morgan fingerprint density at radius 1 is 0.657 bits per heavy atom. The van der Waals surface area contributed by atoms with E-state index in [1.807, 2.05) is 31.1 Å². The molecule has 4 fully saturated rings. The number of rotatable bonds is 11. The van der Waals surface area contributed by atoms with Gasteiger partial charge in [0, 0.05) is 49.8 Å². The third-order valence-corrected chi connectivity index (χ3v) is 14.3. The van der Waals surface area contributed by atoms with Gasteiger partial charge in [0.25, 0.3) is 0 Å². The lowest BCUT2D eigenvalue weighted by atomic mass is 9.88. The fourth-order valence-electron chi connectivity index (χ4n) is 10.9.